The molecule has 0 saturated carbocycles. The van der Waals surface area contributed by atoms with E-state index in [-0.39, 0.29) is 0 Å². The lowest BCUT2D eigenvalue weighted by Gasteiger charge is -1.92. The lowest BCUT2D eigenvalue weighted by atomic mass is 10.2. The van der Waals surface area contributed by atoms with Crippen LogP contribution >= 0.6 is 0 Å². The molecule has 1 aliphatic carbocycles. The van der Waals surface area contributed by atoms with Crippen molar-refractivity contribution in [3.05, 3.63) is 11.6 Å². The van der Waals surface area contributed by atoms with Crippen LogP contribution < -0.4 is 0 Å². The molecule has 0 aromatic rings. The average molecular weight is 126 g/mol. The maximum atomic E-state index is 8.62. The van der Waals surface area contributed by atoms with Gasteiger partial charge in [0.15, 0.2) is 0 Å². The van der Waals surface area contributed by atoms with E-state index in [0.717, 1.165) is 0 Å². The number of aliphatic hydroxyl groups is 1. The van der Waals surface area contributed by atoms with Crippen molar-refractivity contribution < 1.29 is 5.11 Å². The molecule has 0 aromatic heterocycles. The topological polar surface area (TPSA) is 20.2 Å². The molecule has 52 valence electrons. The number of hydrogen-bond acceptors (Lipinski definition) is 1. The molecule has 0 saturated heterocycles. The average Bonchev–Trinajstić information content (AvgIpc) is 2.62. The molecule has 1 atom stereocenters. The zero-order chi connectivity index (χ0) is 6.69. The summed E-state index contributed by atoms with van der Waals surface area (Å²) in [7, 11) is 0. The number of rotatable bonds is 4. The Bertz CT molecular complexity index is 116. The molecule has 1 rings (SSSR count). The fourth-order valence-electron chi connectivity index (χ4n) is 1.03. The van der Waals surface area contributed by atoms with E-state index in [4.69, 9.17) is 5.11 Å². The Hall–Kier alpha value is -0.300. The first kappa shape index (κ1) is 6.81. The van der Waals surface area contributed by atoms with Gasteiger partial charge in [-0.3, -0.25) is 0 Å². The van der Waals surface area contributed by atoms with Crippen LogP contribution in [0.25, 0.3) is 0 Å². The van der Waals surface area contributed by atoms with E-state index < -0.39 is 0 Å². The van der Waals surface area contributed by atoms with Gasteiger partial charge in [0, 0.05) is 5.92 Å². The highest BCUT2D eigenvalue weighted by atomic mass is 16.3. The molecule has 0 fully saturated rings. The molecule has 0 spiro atoms. The minimum absolute atomic E-state index is 0.332. The summed E-state index contributed by atoms with van der Waals surface area (Å²) in [5.41, 5.74) is 1.47. The lowest BCUT2D eigenvalue weighted by Crippen LogP contribution is -1.87. The van der Waals surface area contributed by atoms with Gasteiger partial charge in [-0.2, -0.15) is 0 Å². The fourth-order valence-corrected chi connectivity index (χ4v) is 1.03. The van der Waals surface area contributed by atoms with Gasteiger partial charge in [-0.25, -0.2) is 0 Å². The zero-order valence-corrected chi connectivity index (χ0v) is 5.93. The second-order valence-electron chi connectivity index (χ2n) is 2.63. The Morgan fingerprint density at radius 1 is 1.67 bits per heavy atom. The van der Waals surface area contributed by atoms with E-state index in [2.05, 4.69) is 13.0 Å². The van der Waals surface area contributed by atoms with Gasteiger partial charge < -0.3 is 5.11 Å². The second kappa shape index (κ2) is 3.02. The fraction of sp³-hybridized carbons (Fsp3) is 0.750. The highest BCUT2D eigenvalue weighted by Gasteiger charge is 2.21. The van der Waals surface area contributed by atoms with Crippen LogP contribution in [0.5, 0.6) is 0 Å². The molecular formula is C8H14O. The van der Waals surface area contributed by atoms with Gasteiger partial charge in [0.05, 0.1) is 6.61 Å². The Morgan fingerprint density at radius 3 is 2.89 bits per heavy atom. The van der Waals surface area contributed by atoms with Crippen LogP contribution in [0.15, 0.2) is 11.6 Å². The van der Waals surface area contributed by atoms with E-state index in [0.29, 0.717) is 12.5 Å². The zero-order valence-electron chi connectivity index (χ0n) is 5.93. The largest absolute Gasteiger partial charge is 0.395 e. The molecule has 1 unspecified atom stereocenters. The predicted octanol–water partition coefficient (Wildman–Crippen LogP) is 1.73. The molecule has 9 heavy (non-hydrogen) atoms. The lowest BCUT2D eigenvalue weighted by molar-refractivity contribution is 0.282. The maximum Gasteiger partial charge on any atom is 0.0531 e. The van der Waals surface area contributed by atoms with E-state index in [1.165, 1.54) is 24.8 Å². The normalized spacial score (nSPS) is 23.8. The van der Waals surface area contributed by atoms with Crippen molar-refractivity contribution >= 4 is 0 Å². The van der Waals surface area contributed by atoms with Crippen molar-refractivity contribution in [1.29, 1.82) is 0 Å². The summed E-state index contributed by atoms with van der Waals surface area (Å²) in [6.45, 7) is 2.52. The van der Waals surface area contributed by atoms with Crippen molar-refractivity contribution in [2.24, 2.45) is 5.92 Å². The van der Waals surface area contributed by atoms with Gasteiger partial charge in [0.1, 0.15) is 0 Å². The third kappa shape index (κ3) is 1.83. The number of unbranched alkanes of at least 4 members (excludes halogenated alkanes) is 1. The van der Waals surface area contributed by atoms with E-state index in [1.54, 1.807) is 0 Å². The molecular weight excluding hydrogens is 112 g/mol. The number of aliphatic hydroxyl groups excluding tert-OH is 1. The molecule has 1 heteroatoms. The molecule has 0 bridgehead atoms. The summed E-state index contributed by atoms with van der Waals surface area (Å²) >= 11 is 0. The van der Waals surface area contributed by atoms with Crippen molar-refractivity contribution in [2.45, 2.75) is 26.2 Å². The quantitative estimate of drug-likeness (QED) is 0.569. The second-order valence-corrected chi connectivity index (χ2v) is 2.63. The molecule has 0 radical (unpaired) electrons. The smallest absolute Gasteiger partial charge is 0.0531 e. The molecule has 1 nitrogen and oxygen atoms in total. The summed E-state index contributed by atoms with van der Waals surface area (Å²) in [4.78, 5) is 0. The maximum absolute atomic E-state index is 8.62. The predicted molar refractivity (Wildman–Crippen MR) is 38.2 cm³/mol. The van der Waals surface area contributed by atoms with Gasteiger partial charge in [-0.05, 0) is 12.8 Å². The highest BCUT2D eigenvalue weighted by Crippen LogP contribution is 2.32. The first-order valence-electron chi connectivity index (χ1n) is 3.70. The number of hydrogen-bond donors (Lipinski definition) is 1. The first-order valence-corrected chi connectivity index (χ1v) is 3.70. The van der Waals surface area contributed by atoms with Gasteiger partial charge in [-0.15, -0.1) is 0 Å². The van der Waals surface area contributed by atoms with Crippen LogP contribution in [-0.4, -0.2) is 11.7 Å². The monoisotopic (exact) mass is 126 g/mol. The van der Waals surface area contributed by atoms with Gasteiger partial charge in [0.25, 0.3) is 0 Å². The Kier molecular flexibility index (Phi) is 2.29. The van der Waals surface area contributed by atoms with Gasteiger partial charge >= 0.3 is 0 Å². The van der Waals surface area contributed by atoms with E-state index in [1.807, 2.05) is 0 Å². The van der Waals surface area contributed by atoms with Crippen LogP contribution in [-0.2, 0) is 0 Å². The molecule has 0 amide bonds. The minimum atomic E-state index is 0.332. The summed E-state index contributed by atoms with van der Waals surface area (Å²) in [5.74, 6) is 0.469. The molecule has 1 N–H and O–H groups in total. The van der Waals surface area contributed by atoms with Crippen LogP contribution in [0.3, 0.4) is 0 Å². The molecule has 1 aliphatic rings. The first-order chi connectivity index (χ1) is 4.38. The minimum Gasteiger partial charge on any atom is -0.395 e. The Labute approximate surface area is 56.4 Å². The van der Waals surface area contributed by atoms with Crippen molar-refractivity contribution in [1.82, 2.24) is 0 Å². The van der Waals surface area contributed by atoms with Crippen LogP contribution in [0.1, 0.15) is 26.2 Å². The van der Waals surface area contributed by atoms with Crippen molar-refractivity contribution in [3.63, 3.8) is 0 Å². The van der Waals surface area contributed by atoms with Crippen LogP contribution in [0.2, 0.25) is 0 Å². The third-order valence-electron chi connectivity index (χ3n) is 1.80. The third-order valence-corrected chi connectivity index (χ3v) is 1.80. The highest BCUT2D eigenvalue weighted by molar-refractivity contribution is 5.28. The van der Waals surface area contributed by atoms with Crippen LogP contribution in [0.4, 0.5) is 0 Å². The van der Waals surface area contributed by atoms with E-state index >= 15 is 0 Å². The summed E-state index contributed by atoms with van der Waals surface area (Å²) in [5, 5.41) is 8.62. The Balaban J connectivity index is 1.98. The van der Waals surface area contributed by atoms with Crippen molar-refractivity contribution in [3.8, 4) is 0 Å². The van der Waals surface area contributed by atoms with Crippen LogP contribution in [0, 0.1) is 5.92 Å². The van der Waals surface area contributed by atoms with Crippen molar-refractivity contribution in [2.75, 3.05) is 6.61 Å². The summed E-state index contributed by atoms with van der Waals surface area (Å²) < 4.78 is 0. The van der Waals surface area contributed by atoms with E-state index in [9.17, 15) is 0 Å². The SMILES string of the molecule is CCCCC1=CC1CO. The Morgan fingerprint density at radius 2 is 2.44 bits per heavy atom. The molecule has 0 heterocycles. The standard InChI is InChI=1S/C8H14O/c1-2-3-4-7-5-8(7)6-9/h5,8-9H,2-4,6H2,1H3. The van der Waals surface area contributed by atoms with Gasteiger partial charge in [0.2, 0.25) is 0 Å². The molecule has 0 aromatic carbocycles. The van der Waals surface area contributed by atoms with Gasteiger partial charge in [-0.1, -0.05) is 25.0 Å². The summed E-state index contributed by atoms with van der Waals surface area (Å²) in [6.07, 6.45) is 5.91. The summed E-state index contributed by atoms with van der Waals surface area (Å²) in [6, 6.07) is 0. The molecule has 0 aliphatic heterocycles.